The summed E-state index contributed by atoms with van der Waals surface area (Å²) in [6.07, 6.45) is 8.16. The standard InChI is InChI=1S/C33H36N6O6.C28H28N6O4.ClH/c1-7-16-44-31(42)36-25-14-12-24(13-15-25)35-29(40)27-17-22(19-38(27)5)21-8-10-23(11-9-21)34-30(41)28-18-26(20-39(28)6)37-32(43)45-33(2,3)4;1-4-13-38-28(37)32-23-11-9-22(10-12-23)31-26(35)24-14-19(16-33(24)2)18-5-7-21(8-6-18)30-27(36)25-15-20(29)17-34(25)3;/h7-15,17-20H,1,16H2,2-6H3,(H,34,41)(H,35,40)(H,36,42)(H,37,43);4-12,14-17H,1,13,29H2,2-3H3,(H,30,36)(H,31,35)(H,32,37);1H. The molecule has 0 aliphatic heterocycles. The molecule has 0 unspecified atom stereocenters. The van der Waals surface area contributed by atoms with Gasteiger partial charge >= 0.3 is 18.3 Å². The van der Waals surface area contributed by atoms with Crippen LogP contribution in [-0.2, 0) is 42.4 Å². The summed E-state index contributed by atoms with van der Waals surface area (Å²) >= 11 is 0. The van der Waals surface area contributed by atoms with Gasteiger partial charge in [0.1, 0.15) is 41.6 Å². The van der Waals surface area contributed by atoms with Gasteiger partial charge in [0, 0.05) is 98.2 Å². The summed E-state index contributed by atoms with van der Waals surface area (Å²) in [5.41, 5.74) is 14.6. The highest BCUT2D eigenvalue weighted by molar-refractivity contribution is 6.07. The Hall–Kier alpha value is -10.7. The van der Waals surface area contributed by atoms with Crippen molar-refractivity contribution in [3.8, 4) is 22.3 Å². The maximum Gasteiger partial charge on any atom is 0.412 e. The molecule has 23 heteroatoms. The molecule has 0 fully saturated rings. The molecule has 0 spiro atoms. The van der Waals surface area contributed by atoms with Crippen molar-refractivity contribution in [2.75, 3.05) is 56.2 Å². The molecule has 8 rings (SSSR count). The maximum absolute atomic E-state index is 13.0. The van der Waals surface area contributed by atoms with Gasteiger partial charge in [-0.05, 0) is 129 Å². The number of aryl methyl sites for hydroxylation is 4. The lowest BCUT2D eigenvalue weighted by molar-refractivity contribution is 0.0634. The number of benzene rings is 4. The number of nitrogens with zero attached hydrogens (tertiary/aromatic N) is 4. The Labute approximate surface area is 491 Å². The van der Waals surface area contributed by atoms with Gasteiger partial charge in [0.15, 0.2) is 0 Å². The number of ether oxygens (including phenoxy) is 3. The number of carbonyl (C=O) groups is 7. The third-order valence-electron chi connectivity index (χ3n) is 12.0. The van der Waals surface area contributed by atoms with E-state index in [0.29, 0.717) is 68.3 Å². The number of rotatable bonds is 17. The summed E-state index contributed by atoms with van der Waals surface area (Å²) < 4.78 is 21.8. The van der Waals surface area contributed by atoms with Gasteiger partial charge in [0.25, 0.3) is 23.6 Å². The Morgan fingerprint density at radius 3 is 1.05 bits per heavy atom. The molecule has 0 saturated carbocycles. The zero-order valence-electron chi connectivity index (χ0n) is 47.2. The van der Waals surface area contributed by atoms with Gasteiger partial charge in [-0.3, -0.25) is 35.1 Å². The molecule has 84 heavy (non-hydrogen) atoms. The largest absolute Gasteiger partial charge is 0.445 e. The number of nitrogens with one attached hydrogen (secondary N) is 7. The van der Waals surface area contributed by atoms with Crippen LogP contribution in [0.1, 0.15) is 62.7 Å². The number of aromatic nitrogens is 4. The Bertz CT molecular complexity index is 3680. The second-order valence-corrected chi connectivity index (χ2v) is 19.7. The summed E-state index contributed by atoms with van der Waals surface area (Å²) in [6.45, 7) is 12.5. The van der Waals surface area contributed by atoms with Crippen LogP contribution >= 0.6 is 12.4 Å². The monoisotopic (exact) mass is 1160 g/mol. The van der Waals surface area contributed by atoms with E-state index in [9.17, 15) is 33.6 Å². The molecular formula is C61H65ClN12O10. The first-order valence-electron chi connectivity index (χ1n) is 25.7. The molecule has 0 aliphatic carbocycles. The molecule has 7 amide bonds. The fourth-order valence-electron chi connectivity index (χ4n) is 8.12. The first kappa shape index (κ1) is 62.5. The fraction of sp³-hybridized carbons (Fsp3) is 0.164. The van der Waals surface area contributed by atoms with Gasteiger partial charge in [-0.25, -0.2) is 14.4 Å². The van der Waals surface area contributed by atoms with Crippen LogP contribution in [-0.4, -0.2) is 79.0 Å². The third-order valence-corrected chi connectivity index (χ3v) is 12.0. The van der Waals surface area contributed by atoms with Crippen molar-refractivity contribution in [3.05, 3.63) is 194 Å². The van der Waals surface area contributed by atoms with Crippen molar-refractivity contribution in [2.45, 2.75) is 26.4 Å². The number of nitrogen functional groups attached to an aromatic ring is 1. The van der Waals surface area contributed by atoms with E-state index < -0.39 is 23.9 Å². The number of carbonyl (C=O) groups excluding carboxylic acids is 7. The Kier molecular flexibility index (Phi) is 20.9. The van der Waals surface area contributed by atoms with Gasteiger partial charge in [-0.2, -0.15) is 0 Å². The molecule has 8 aromatic rings. The number of hydrogen-bond donors (Lipinski definition) is 8. The zero-order chi connectivity index (χ0) is 60.0. The molecule has 4 aromatic carbocycles. The van der Waals surface area contributed by atoms with Crippen molar-refractivity contribution in [3.63, 3.8) is 0 Å². The SMILES string of the molecule is C=CCOC(=O)Nc1ccc(NC(=O)c2cc(-c3ccc(NC(=O)c4cc(N)cn4C)cc3)cn2C)cc1.C=CCOC(=O)Nc1ccc(NC(=O)c2cc(-c3ccc(NC(=O)c4cc(NC(=O)OC(C)(C)C)cn4C)cc3)cn2C)cc1.Cl. The summed E-state index contributed by atoms with van der Waals surface area (Å²) in [4.78, 5) is 86.8. The topological polar surface area (TPSA) is 277 Å². The molecule has 436 valence electrons. The molecule has 0 bridgehead atoms. The van der Waals surface area contributed by atoms with Crippen molar-refractivity contribution in [1.29, 1.82) is 0 Å². The van der Waals surface area contributed by atoms with E-state index in [0.717, 1.165) is 22.3 Å². The first-order valence-corrected chi connectivity index (χ1v) is 25.7. The Balaban J connectivity index is 0.000000270. The number of nitrogens with two attached hydrogens (primary N) is 1. The van der Waals surface area contributed by atoms with Crippen LogP contribution in [0.25, 0.3) is 22.3 Å². The van der Waals surface area contributed by atoms with E-state index in [2.05, 4.69) is 50.4 Å². The van der Waals surface area contributed by atoms with Gasteiger partial charge in [0.2, 0.25) is 0 Å². The van der Waals surface area contributed by atoms with Crippen molar-refractivity contribution in [2.24, 2.45) is 28.2 Å². The molecule has 22 nitrogen and oxygen atoms in total. The zero-order valence-corrected chi connectivity index (χ0v) is 48.0. The molecule has 4 heterocycles. The van der Waals surface area contributed by atoms with Crippen molar-refractivity contribution < 1.29 is 47.8 Å². The summed E-state index contributed by atoms with van der Waals surface area (Å²) in [7, 11) is 7.04. The van der Waals surface area contributed by atoms with E-state index in [-0.39, 0.29) is 49.2 Å². The predicted octanol–water partition coefficient (Wildman–Crippen LogP) is 11.9. The van der Waals surface area contributed by atoms with Crippen molar-refractivity contribution >= 4 is 99.8 Å². The van der Waals surface area contributed by atoms with Crippen LogP contribution in [0.4, 0.5) is 59.9 Å². The van der Waals surface area contributed by atoms with Crippen LogP contribution in [0.3, 0.4) is 0 Å². The molecule has 4 aromatic heterocycles. The summed E-state index contributed by atoms with van der Waals surface area (Å²) in [5.74, 6) is -1.19. The molecule has 0 atom stereocenters. The van der Waals surface area contributed by atoms with Crippen LogP contribution in [0.5, 0.6) is 0 Å². The smallest absolute Gasteiger partial charge is 0.412 e. The molecular weight excluding hydrogens is 1100 g/mol. The number of anilines is 8. The van der Waals surface area contributed by atoms with Gasteiger partial charge < -0.3 is 59.5 Å². The quantitative estimate of drug-likeness (QED) is 0.0313. The summed E-state index contributed by atoms with van der Waals surface area (Å²) in [5, 5.41) is 19.2. The average Bonchev–Trinajstić information content (AvgIpc) is 3.83. The highest BCUT2D eigenvalue weighted by Gasteiger charge is 2.20. The van der Waals surface area contributed by atoms with Gasteiger partial charge in [-0.15, -0.1) is 12.4 Å². The third kappa shape index (κ3) is 17.4. The minimum Gasteiger partial charge on any atom is -0.445 e. The normalized spacial score (nSPS) is 10.6. The maximum atomic E-state index is 13.0. The van der Waals surface area contributed by atoms with Crippen LogP contribution in [0, 0.1) is 0 Å². The van der Waals surface area contributed by atoms with Crippen molar-refractivity contribution in [1.82, 2.24) is 18.3 Å². The molecule has 9 N–H and O–H groups in total. The lowest BCUT2D eigenvalue weighted by atomic mass is 10.1. The van der Waals surface area contributed by atoms with E-state index in [1.54, 1.807) is 177 Å². The number of amides is 7. The Morgan fingerprint density at radius 1 is 0.417 bits per heavy atom. The number of hydrogen-bond acceptors (Lipinski definition) is 11. The lowest BCUT2D eigenvalue weighted by Crippen LogP contribution is -2.27. The second kappa shape index (κ2) is 28.1. The molecule has 0 saturated heterocycles. The van der Waals surface area contributed by atoms with Gasteiger partial charge in [-0.1, -0.05) is 49.6 Å². The van der Waals surface area contributed by atoms with E-state index >= 15 is 0 Å². The first-order chi connectivity index (χ1) is 39.5. The highest BCUT2D eigenvalue weighted by atomic mass is 35.5. The lowest BCUT2D eigenvalue weighted by Gasteiger charge is -2.19. The average molecular weight is 1160 g/mol. The van der Waals surface area contributed by atoms with Crippen LogP contribution in [0.15, 0.2) is 171 Å². The fourth-order valence-corrected chi connectivity index (χ4v) is 8.12. The highest BCUT2D eigenvalue weighted by Crippen LogP contribution is 2.28. The Morgan fingerprint density at radius 2 is 0.714 bits per heavy atom. The van der Waals surface area contributed by atoms with Crippen LogP contribution in [0.2, 0.25) is 0 Å². The van der Waals surface area contributed by atoms with Crippen LogP contribution < -0.4 is 43.0 Å². The minimum atomic E-state index is -0.643. The number of halogens is 1. The van der Waals surface area contributed by atoms with E-state index in [1.807, 2.05) is 36.7 Å². The predicted molar refractivity (Wildman–Crippen MR) is 329 cm³/mol. The summed E-state index contributed by atoms with van der Waals surface area (Å²) in [6, 6.07) is 34.7. The second-order valence-electron chi connectivity index (χ2n) is 19.7. The van der Waals surface area contributed by atoms with E-state index in [4.69, 9.17) is 19.9 Å². The van der Waals surface area contributed by atoms with Gasteiger partial charge in [0.05, 0.1) is 11.4 Å². The van der Waals surface area contributed by atoms with E-state index in [1.165, 1.54) is 12.2 Å². The molecule has 0 radical (unpaired) electrons. The molecule has 0 aliphatic rings. The minimum absolute atomic E-state index is 0.